The van der Waals surface area contributed by atoms with Gasteiger partial charge in [0, 0.05) is 17.8 Å². The average molecular weight is 312 g/mol. The highest BCUT2D eigenvalue weighted by Gasteiger charge is 2.04. The summed E-state index contributed by atoms with van der Waals surface area (Å²) >= 11 is 0. The van der Waals surface area contributed by atoms with E-state index < -0.39 is 0 Å². The van der Waals surface area contributed by atoms with E-state index in [-0.39, 0.29) is 5.91 Å². The molecule has 0 atom stereocenters. The third-order valence-corrected chi connectivity index (χ3v) is 3.31. The van der Waals surface area contributed by atoms with Gasteiger partial charge in [0.1, 0.15) is 5.75 Å². The molecule has 23 heavy (non-hydrogen) atoms. The van der Waals surface area contributed by atoms with Crippen LogP contribution in [0.5, 0.6) is 5.75 Å². The number of benzene rings is 2. The molecule has 4 nitrogen and oxygen atoms in total. The SMILES string of the molecule is CC(C)COc1ccc(NC(=O)CCc2cccc(N)c2)cc1. The highest BCUT2D eigenvalue weighted by molar-refractivity contribution is 5.90. The summed E-state index contributed by atoms with van der Waals surface area (Å²) in [4.78, 5) is 12.0. The quantitative estimate of drug-likeness (QED) is 0.763. The molecular formula is C19H24N2O2. The lowest BCUT2D eigenvalue weighted by atomic mass is 10.1. The Bertz CT molecular complexity index is 636. The molecule has 0 heterocycles. The van der Waals surface area contributed by atoms with Crippen LogP contribution in [-0.4, -0.2) is 12.5 Å². The van der Waals surface area contributed by atoms with Crippen LogP contribution in [0.2, 0.25) is 0 Å². The minimum atomic E-state index is -0.0109. The number of hydrogen-bond acceptors (Lipinski definition) is 3. The van der Waals surface area contributed by atoms with E-state index in [1.807, 2.05) is 48.5 Å². The molecule has 2 aromatic rings. The van der Waals surface area contributed by atoms with Gasteiger partial charge in [-0.1, -0.05) is 26.0 Å². The van der Waals surface area contributed by atoms with Gasteiger partial charge in [-0.05, 0) is 54.3 Å². The summed E-state index contributed by atoms with van der Waals surface area (Å²) in [6.45, 7) is 4.90. The van der Waals surface area contributed by atoms with Gasteiger partial charge in [-0.25, -0.2) is 0 Å². The maximum absolute atomic E-state index is 12.0. The molecule has 2 rings (SSSR count). The summed E-state index contributed by atoms with van der Waals surface area (Å²) < 4.78 is 5.62. The molecule has 0 aliphatic heterocycles. The van der Waals surface area contributed by atoms with Crippen molar-refractivity contribution < 1.29 is 9.53 Å². The molecule has 0 bridgehead atoms. The van der Waals surface area contributed by atoms with Crippen LogP contribution < -0.4 is 15.8 Å². The Kier molecular flexibility index (Phi) is 6.03. The number of carbonyl (C=O) groups excluding carboxylic acids is 1. The summed E-state index contributed by atoms with van der Waals surface area (Å²) in [5, 5.41) is 2.89. The Morgan fingerprint density at radius 2 is 1.91 bits per heavy atom. The fourth-order valence-electron chi connectivity index (χ4n) is 2.13. The van der Waals surface area contributed by atoms with Crippen molar-refractivity contribution in [2.75, 3.05) is 17.7 Å². The van der Waals surface area contributed by atoms with Gasteiger partial charge >= 0.3 is 0 Å². The second kappa shape index (κ2) is 8.22. The number of nitrogens with two attached hydrogens (primary N) is 1. The van der Waals surface area contributed by atoms with Crippen LogP contribution in [0.4, 0.5) is 11.4 Å². The Morgan fingerprint density at radius 1 is 1.17 bits per heavy atom. The standard InChI is InChI=1S/C19H24N2O2/c1-14(2)13-23-18-9-7-17(8-10-18)21-19(22)11-6-15-4-3-5-16(20)12-15/h3-5,7-10,12,14H,6,11,13,20H2,1-2H3,(H,21,22). The van der Waals surface area contributed by atoms with Gasteiger partial charge < -0.3 is 15.8 Å². The van der Waals surface area contributed by atoms with Crippen LogP contribution in [0.15, 0.2) is 48.5 Å². The van der Waals surface area contributed by atoms with Crippen LogP contribution in [0, 0.1) is 5.92 Å². The smallest absolute Gasteiger partial charge is 0.224 e. The van der Waals surface area contributed by atoms with Crippen LogP contribution in [0.1, 0.15) is 25.8 Å². The Balaban J connectivity index is 1.80. The second-order valence-electron chi connectivity index (χ2n) is 6.02. The van der Waals surface area contributed by atoms with Crippen LogP contribution in [0.25, 0.3) is 0 Å². The van der Waals surface area contributed by atoms with Crippen molar-refractivity contribution in [2.24, 2.45) is 5.92 Å². The normalized spacial score (nSPS) is 10.6. The monoisotopic (exact) mass is 312 g/mol. The minimum Gasteiger partial charge on any atom is -0.493 e. The van der Waals surface area contributed by atoms with E-state index in [9.17, 15) is 4.79 Å². The topological polar surface area (TPSA) is 64.3 Å². The summed E-state index contributed by atoms with van der Waals surface area (Å²) in [6.07, 6.45) is 1.10. The lowest BCUT2D eigenvalue weighted by Gasteiger charge is -2.10. The van der Waals surface area contributed by atoms with E-state index in [1.165, 1.54) is 0 Å². The first kappa shape index (κ1) is 16.9. The summed E-state index contributed by atoms with van der Waals surface area (Å²) in [5.41, 5.74) is 8.30. The van der Waals surface area contributed by atoms with Crippen molar-refractivity contribution in [1.29, 1.82) is 0 Å². The van der Waals surface area contributed by atoms with E-state index in [4.69, 9.17) is 10.5 Å². The lowest BCUT2D eigenvalue weighted by Crippen LogP contribution is -2.12. The molecule has 3 N–H and O–H groups in total. The van der Waals surface area contributed by atoms with Gasteiger partial charge in [-0.2, -0.15) is 0 Å². The molecule has 122 valence electrons. The summed E-state index contributed by atoms with van der Waals surface area (Å²) in [7, 11) is 0. The maximum Gasteiger partial charge on any atom is 0.224 e. The molecular weight excluding hydrogens is 288 g/mol. The van der Waals surface area contributed by atoms with Gasteiger partial charge in [0.2, 0.25) is 5.91 Å². The third-order valence-electron chi connectivity index (χ3n) is 3.31. The summed E-state index contributed by atoms with van der Waals surface area (Å²) in [6, 6.07) is 15.1. The maximum atomic E-state index is 12.0. The van der Waals surface area contributed by atoms with Gasteiger partial charge in [0.05, 0.1) is 6.61 Å². The number of nitrogen functional groups attached to an aromatic ring is 1. The van der Waals surface area contributed by atoms with Crippen molar-refractivity contribution in [2.45, 2.75) is 26.7 Å². The number of hydrogen-bond donors (Lipinski definition) is 2. The molecule has 2 aromatic carbocycles. The van der Waals surface area contributed by atoms with Gasteiger partial charge in [0.15, 0.2) is 0 Å². The van der Waals surface area contributed by atoms with E-state index in [2.05, 4.69) is 19.2 Å². The van der Waals surface area contributed by atoms with Gasteiger partial charge in [-0.3, -0.25) is 4.79 Å². The zero-order valence-electron chi connectivity index (χ0n) is 13.7. The molecule has 0 aliphatic rings. The van der Waals surface area contributed by atoms with Crippen molar-refractivity contribution in [3.63, 3.8) is 0 Å². The predicted molar refractivity (Wildman–Crippen MR) is 94.6 cm³/mol. The molecule has 0 aromatic heterocycles. The molecule has 0 saturated carbocycles. The molecule has 0 saturated heterocycles. The predicted octanol–water partition coefficient (Wildman–Crippen LogP) is 3.87. The largest absolute Gasteiger partial charge is 0.493 e. The average Bonchev–Trinajstić information content (AvgIpc) is 2.52. The zero-order chi connectivity index (χ0) is 16.7. The molecule has 0 fully saturated rings. The van der Waals surface area contributed by atoms with Crippen molar-refractivity contribution in [3.05, 3.63) is 54.1 Å². The van der Waals surface area contributed by atoms with Crippen molar-refractivity contribution in [3.8, 4) is 5.75 Å². The lowest BCUT2D eigenvalue weighted by molar-refractivity contribution is -0.116. The number of aryl methyl sites for hydroxylation is 1. The van der Waals surface area contributed by atoms with E-state index in [0.717, 1.165) is 22.7 Å². The molecule has 0 radical (unpaired) electrons. The van der Waals surface area contributed by atoms with E-state index in [1.54, 1.807) is 0 Å². The van der Waals surface area contributed by atoms with E-state index in [0.29, 0.717) is 25.4 Å². The number of ether oxygens (including phenoxy) is 1. The van der Waals surface area contributed by atoms with Crippen LogP contribution in [-0.2, 0) is 11.2 Å². The number of anilines is 2. The number of nitrogens with one attached hydrogen (secondary N) is 1. The first-order valence-electron chi connectivity index (χ1n) is 7.90. The molecule has 4 heteroatoms. The Labute approximate surface area is 137 Å². The highest BCUT2D eigenvalue weighted by atomic mass is 16.5. The minimum absolute atomic E-state index is 0.0109. The zero-order valence-corrected chi connectivity index (χ0v) is 13.7. The number of amides is 1. The Morgan fingerprint density at radius 3 is 2.57 bits per heavy atom. The fourth-order valence-corrected chi connectivity index (χ4v) is 2.13. The Hall–Kier alpha value is -2.49. The molecule has 0 spiro atoms. The summed E-state index contributed by atoms with van der Waals surface area (Å²) in [5.74, 6) is 1.29. The van der Waals surface area contributed by atoms with E-state index >= 15 is 0 Å². The number of carbonyl (C=O) groups is 1. The first-order chi connectivity index (χ1) is 11.0. The fraction of sp³-hybridized carbons (Fsp3) is 0.316. The molecule has 0 aliphatic carbocycles. The van der Waals surface area contributed by atoms with Gasteiger partial charge in [0.25, 0.3) is 0 Å². The highest BCUT2D eigenvalue weighted by Crippen LogP contribution is 2.17. The van der Waals surface area contributed by atoms with Crippen molar-refractivity contribution in [1.82, 2.24) is 0 Å². The van der Waals surface area contributed by atoms with Crippen LogP contribution in [0.3, 0.4) is 0 Å². The number of rotatable bonds is 7. The third kappa shape index (κ3) is 6.02. The molecule has 0 unspecified atom stereocenters. The first-order valence-corrected chi connectivity index (χ1v) is 7.90. The second-order valence-corrected chi connectivity index (χ2v) is 6.02. The van der Waals surface area contributed by atoms with Gasteiger partial charge in [-0.15, -0.1) is 0 Å². The van der Waals surface area contributed by atoms with Crippen LogP contribution >= 0.6 is 0 Å². The molecule has 1 amide bonds. The van der Waals surface area contributed by atoms with Crippen molar-refractivity contribution >= 4 is 17.3 Å².